The topological polar surface area (TPSA) is 38.7 Å². The SMILES string of the molecule is CC=N/C(C)=C/OCC(C)=O. The first kappa shape index (κ1) is 9.88. The Bertz CT molecular complexity index is 183. The van der Waals surface area contributed by atoms with E-state index in [0.29, 0.717) is 0 Å². The van der Waals surface area contributed by atoms with Gasteiger partial charge < -0.3 is 4.74 Å². The number of Topliss-reactive ketones (excluding diaryl/α,β-unsaturated/α-hetero) is 1. The van der Waals surface area contributed by atoms with Crippen molar-refractivity contribution in [3.8, 4) is 0 Å². The molecular weight excluding hydrogens is 142 g/mol. The predicted octanol–water partition coefficient (Wildman–Crippen LogP) is 1.54. The quantitative estimate of drug-likeness (QED) is 0.456. The minimum atomic E-state index is 0.00882. The minimum absolute atomic E-state index is 0.00882. The molecule has 0 heterocycles. The van der Waals surface area contributed by atoms with Gasteiger partial charge in [0, 0.05) is 6.21 Å². The molecule has 0 saturated heterocycles. The van der Waals surface area contributed by atoms with E-state index in [-0.39, 0.29) is 12.4 Å². The summed E-state index contributed by atoms with van der Waals surface area (Å²) in [6.07, 6.45) is 3.14. The Balaban J connectivity index is 3.64. The molecule has 62 valence electrons. The summed E-state index contributed by atoms with van der Waals surface area (Å²) < 4.78 is 4.88. The number of nitrogens with zero attached hydrogens (tertiary/aromatic N) is 1. The van der Waals surface area contributed by atoms with Gasteiger partial charge in [-0.1, -0.05) is 0 Å². The number of hydrogen-bond acceptors (Lipinski definition) is 3. The van der Waals surface area contributed by atoms with Gasteiger partial charge in [-0.2, -0.15) is 0 Å². The first-order valence-electron chi connectivity index (χ1n) is 3.43. The number of rotatable bonds is 4. The Labute approximate surface area is 66.8 Å². The molecule has 0 radical (unpaired) electrons. The Kier molecular flexibility index (Phi) is 5.07. The van der Waals surface area contributed by atoms with E-state index in [0.717, 1.165) is 5.70 Å². The summed E-state index contributed by atoms with van der Waals surface area (Å²) in [5, 5.41) is 0. The van der Waals surface area contributed by atoms with Gasteiger partial charge >= 0.3 is 0 Å². The van der Waals surface area contributed by atoms with Crippen LogP contribution in [0.1, 0.15) is 20.8 Å². The number of hydrogen-bond donors (Lipinski definition) is 0. The maximum Gasteiger partial charge on any atom is 0.167 e. The number of aliphatic imine (C=N–C) groups is 1. The predicted molar refractivity (Wildman–Crippen MR) is 44.6 cm³/mol. The summed E-state index contributed by atoms with van der Waals surface area (Å²) in [4.78, 5) is 14.3. The summed E-state index contributed by atoms with van der Waals surface area (Å²) in [7, 11) is 0. The smallest absolute Gasteiger partial charge is 0.167 e. The molecule has 0 atom stereocenters. The number of carbonyl (C=O) groups is 1. The molecule has 0 aliphatic rings. The van der Waals surface area contributed by atoms with E-state index in [2.05, 4.69) is 4.99 Å². The molecule has 0 unspecified atom stereocenters. The van der Waals surface area contributed by atoms with E-state index < -0.39 is 0 Å². The molecule has 0 bridgehead atoms. The van der Waals surface area contributed by atoms with Gasteiger partial charge in [-0.25, -0.2) is 0 Å². The van der Waals surface area contributed by atoms with E-state index in [9.17, 15) is 4.79 Å². The molecule has 0 fully saturated rings. The normalized spacial score (nSPS) is 12.1. The van der Waals surface area contributed by atoms with Gasteiger partial charge in [-0.15, -0.1) is 0 Å². The highest BCUT2D eigenvalue weighted by Crippen LogP contribution is 1.93. The molecule has 3 heteroatoms. The lowest BCUT2D eigenvalue weighted by Gasteiger charge is -1.95. The molecular formula is C8H13NO2. The first-order chi connectivity index (χ1) is 5.16. The van der Waals surface area contributed by atoms with Crippen LogP contribution in [0, 0.1) is 0 Å². The van der Waals surface area contributed by atoms with E-state index >= 15 is 0 Å². The molecule has 0 amide bonds. The van der Waals surface area contributed by atoms with Gasteiger partial charge in [-0.3, -0.25) is 9.79 Å². The zero-order valence-corrected chi connectivity index (χ0v) is 7.13. The highest BCUT2D eigenvalue weighted by Gasteiger charge is 1.89. The van der Waals surface area contributed by atoms with Crippen LogP contribution in [0.4, 0.5) is 0 Å². The second-order valence-electron chi connectivity index (χ2n) is 2.16. The summed E-state index contributed by atoms with van der Waals surface area (Å²) >= 11 is 0. The lowest BCUT2D eigenvalue weighted by Crippen LogP contribution is -1.99. The van der Waals surface area contributed by atoms with Crippen molar-refractivity contribution in [2.24, 2.45) is 4.99 Å². The Morgan fingerprint density at radius 3 is 2.64 bits per heavy atom. The molecule has 3 nitrogen and oxygen atoms in total. The lowest BCUT2D eigenvalue weighted by molar-refractivity contribution is -0.119. The van der Waals surface area contributed by atoms with Crippen LogP contribution in [0.3, 0.4) is 0 Å². The number of allylic oxidation sites excluding steroid dienone is 1. The third kappa shape index (κ3) is 6.77. The van der Waals surface area contributed by atoms with Crippen molar-refractivity contribution in [3.05, 3.63) is 12.0 Å². The van der Waals surface area contributed by atoms with Crippen molar-refractivity contribution in [1.82, 2.24) is 0 Å². The Morgan fingerprint density at radius 2 is 2.18 bits per heavy atom. The Hall–Kier alpha value is -1.12. The standard InChI is InChI=1S/C8H13NO2/c1-4-9-7(2)5-11-6-8(3)10/h4-5H,6H2,1-3H3/b7-5+,9-4?. The summed E-state index contributed by atoms with van der Waals surface area (Å²) in [5.41, 5.74) is 0.758. The third-order valence-corrected chi connectivity index (χ3v) is 0.873. The molecule has 0 spiro atoms. The van der Waals surface area contributed by atoms with Crippen LogP contribution >= 0.6 is 0 Å². The molecule has 0 N–H and O–H groups in total. The van der Waals surface area contributed by atoms with Gasteiger partial charge in [0.2, 0.25) is 0 Å². The van der Waals surface area contributed by atoms with Crippen molar-refractivity contribution in [3.63, 3.8) is 0 Å². The zero-order valence-electron chi connectivity index (χ0n) is 7.13. The first-order valence-corrected chi connectivity index (χ1v) is 3.43. The van der Waals surface area contributed by atoms with Crippen molar-refractivity contribution in [2.75, 3.05) is 6.61 Å². The summed E-state index contributed by atoms with van der Waals surface area (Å²) in [6, 6.07) is 0. The van der Waals surface area contributed by atoms with Crippen LogP contribution in [0.25, 0.3) is 0 Å². The van der Waals surface area contributed by atoms with Crippen LogP contribution in [0.5, 0.6) is 0 Å². The molecule has 0 aromatic carbocycles. The highest BCUT2D eigenvalue weighted by atomic mass is 16.5. The average Bonchev–Trinajstić information content (AvgIpc) is 1.87. The molecule has 0 aliphatic heterocycles. The van der Waals surface area contributed by atoms with Crippen LogP contribution in [0.15, 0.2) is 17.0 Å². The molecule has 0 aliphatic carbocycles. The fourth-order valence-corrected chi connectivity index (χ4v) is 0.514. The van der Waals surface area contributed by atoms with Crippen LogP contribution in [-0.2, 0) is 9.53 Å². The van der Waals surface area contributed by atoms with Crippen LogP contribution in [0.2, 0.25) is 0 Å². The van der Waals surface area contributed by atoms with Gasteiger partial charge in [-0.05, 0) is 20.8 Å². The minimum Gasteiger partial charge on any atom is -0.492 e. The van der Waals surface area contributed by atoms with Crippen molar-refractivity contribution >= 4 is 12.0 Å². The highest BCUT2D eigenvalue weighted by molar-refractivity contribution is 5.76. The molecule has 0 aromatic heterocycles. The van der Waals surface area contributed by atoms with Crippen LogP contribution < -0.4 is 0 Å². The second-order valence-corrected chi connectivity index (χ2v) is 2.16. The van der Waals surface area contributed by atoms with Gasteiger partial charge in [0.25, 0.3) is 0 Å². The zero-order chi connectivity index (χ0) is 8.69. The van der Waals surface area contributed by atoms with E-state index in [1.54, 1.807) is 13.1 Å². The summed E-state index contributed by atoms with van der Waals surface area (Å²) in [5.74, 6) is 0.00882. The molecule has 0 aromatic rings. The van der Waals surface area contributed by atoms with E-state index in [1.165, 1.54) is 13.2 Å². The molecule has 0 rings (SSSR count). The number of carbonyl (C=O) groups excluding carboxylic acids is 1. The van der Waals surface area contributed by atoms with Crippen molar-refractivity contribution in [1.29, 1.82) is 0 Å². The number of ketones is 1. The van der Waals surface area contributed by atoms with Gasteiger partial charge in [0.15, 0.2) is 5.78 Å². The fourth-order valence-electron chi connectivity index (χ4n) is 0.514. The summed E-state index contributed by atoms with van der Waals surface area (Å²) in [6.45, 7) is 5.23. The van der Waals surface area contributed by atoms with Gasteiger partial charge in [0.05, 0.1) is 5.70 Å². The van der Waals surface area contributed by atoms with Crippen LogP contribution in [-0.4, -0.2) is 18.6 Å². The number of ether oxygens (including phenoxy) is 1. The van der Waals surface area contributed by atoms with Gasteiger partial charge in [0.1, 0.15) is 12.9 Å². The average molecular weight is 155 g/mol. The van der Waals surface area contributed by atoms with E-state index in [4.69, 9.17) is 4.74 Å². The maximum atomic E-state index is 10.4. The fraction of sp³-hybridized carbons (Fsp3) is 0.500. The van der Waals surface area contributed by atoms with Crippen molar-refractivity contribution < 1.29 is 9.53 Å². The molecule has 11 heavy (non-hydrogen) atoms. The largest absolute Gasteiger partial charge is 0.492 e. The monoisotopic (exact) mass is 155 g/mol. The third-order valence-electron chi connectivity index (χ3n) is 0.873. The maximum absolute atomic E-state index is 10.4. The molecule has 0 saturated carbocycles. The lowest BCUT2D eigenvalue weighted by atomic mass is 10.5. The Morgan fingerprint density at radius 1 is 1.55 bits per heavy atom. The second kappa shape index (κ2) is 5.65. The van der Waals surface area contributed by atoms with Crippen molar-refractivity contribution in [2.45, 2.75) is 20.8 Å². The van der Waals surface area contributed by atoms with E-state index in [1.807, 2.05) is 6.92 Å².